The lowest BCUT2D eigenvalue weighted by atomic mass is 10.2. The highest BCUT2D eigenvalue weighted by Gasteiger charge is 2.28. The first kappa shape index (κ1) is 23.9. The Morgan fingerprint density at radius 3 is 2.53 bits per heavy atom. The number of fused-ring (bicyclic) bond motifs is 1. The second-order valence-corrected chi connectivity index (χ2v) is 10.3. The van der Waals surface area contributed by atoms with Crippen LogP contribution in [0.3, 0.4) is 0 Å². The second-order valence-electron chi connectivity index (χ2n) is 7.41. The maximum absolute atomic E-state index is 13.5. The van der Waals surface area contributed by atoms with Gasteiger partial charge in [0, 0.05) is 17.1 Å². The highest BCUT2D eigenvalue weighted by Crippen LogP contribution is 2.33. The van der Waals surface area contributed by atoms with Gasteiger partial charge in [0.15, 0.2) is 11.5 Å². The number of hydrogen-bond acceptors (Lipinski definition) is 6. The summed E-state index contributed by atoms with van der Waals surface area (Å²) < 4.78 is 40.0. The molecule has 34 heavy (non-hydrogen) atoms. The van der Waals surface area contributed by atoms with E-state index in [1.807, 2.05) is 42.5 Å². The molecule has 1 N–H and O–H groups in total. The summed E-state index contributed by atoms with van der Waals surface area (Å²) in [6.07, 6.45) is 1.49. The van der Waals surface area contributed by atoms with Gasteiger partial charge < -0.3 is 9.47 Å². The number of ether oxygens (including phenoxy) is 2. The number of carbonyl (C=O) groups excluding carboxylic acids is 1. The molecule has 0 unspecified atom stereocenters. The summed E-state index contributed by atoms with van der Waals surface area (Å²) in [5.74, 6) is 0.276. The third-order valence-corrected chi connectivity index (χ3v) is 7.21. The quantitative estimate of drug-likeness (QED) is 0.346. The molecule has 1 aliphatic heterocycles. The smallest absolute Gasteiger partial charge is 0.255 e. The van der Waals surface area contributed by atoms with E-state index in [2.05, 4.69) is 26.5 Å². The van der Waals surface area contributed by atoms with Crippen LogP contribution >= 0.6 is 15.9 Å². The topological polar surface area (TPSA) is 97.3 Å². The number of amides is 1. The lowest BCUT2D eigenvalue weighted by molar-refractivity contribution is -0.121. The van der Waals surface area contributed by atoms with Crippen LogP contribution in [0.4, 0.5) is 0 Å². The zero-order valence-electron chi connectivity index (χ0n) is 18.1. The van der Waals surface area contributed by atoms with Crippen molar-refractivity contribution in [3.8, 4) is 11.5 Å². The molecule has 0 spiro atoms. The van der Waals surface area contributed by atoms with Crippen LogP contribution in [0.25, 0.3) is 0 Å². The van der Waals surface area contributed by atoms with Crippen LogP contribution in [-0.4, -0.2) is 44.6 Å². The Hall–Kier alpha value is -3.21. The Morgan fingerprint density at radius 1 is 1.00 bits per heavy atom. The van der Waals surface area contributed by atoms with Gasteiger partial charge in [-0.05, 0) is 35.4 Å². The van der Waals surface area contributed by atoms with Gasteiger partial charge in [-0.25, -0.2) is 13.8 Å². The van der Waals surface area contributed by atoms with E-state index in [4.69, 9.17) is 9.47 Å². The SMILES string of the molecule is O=C(CN(Cc1ccccc1)S(=O)(=O)c1ccc2c(c1)OCCO2)NN=Cc1cccc(Br)c1. The molecule has 8 nitrogen and oxygen atoms in total. The standard InChI is InChI=1S/C24H22BrN3O5S/c25-20-8-4-7-19(13-20)15-26-27-24(29)17-28(16-18-5-2-1-3-6-18)34(30,31)21-9-10-22-23(14-21)33-12-11-32-22/h1-10,13-15H,11-12,16-17H2,(H,27,29). The van der Waals surface area contributed by atoms with Gasteiger partial charge in [-0.1, -0.05) is 58.4 Å². The van der Waals surface area contributed by atoms with Crippen molar-refractivity contribution in [2.75, 3.05) is 19.8 Å². The van der Waals surface area contributed by atoms with Crippen LogP contribution in [0.2, 0.25) is 0 Å². The summed E-state index contributed by atoms with van der Waals surface area (Å²) in [4.78, 5) is 12.6. The molecule has 0 aliphatic carbocycles. The number of halogens is 1. The first-order valence-electron chi connectivity index (χ1n) is 10.4. The van der Waals surface area contributed by atoms with Crippen molar-refractivity contribution in [3.63, 3.8) is 0 Å². The average Bonchev–Trinajstić information content (AvgIpc) is 2.84. The molecule has 4 rings (SSSR count). The van der Waals surface area contributed by atoms with E-state index < -0.39 is 22.5 Å². The highest BCUT2D eigenvalue weighted by molar-refractivity contribution is 9.10. The fourth-order valence-corrected chi connectivity index (χ4v) is 5.12. The van der Waals surface area contributed by atoms with E-state index in [9.17, 15) is 13.2 Å². The van der Waals surface area contributed by atoms with Crippen LogP contribution in [0, 0.1) is 0 Å². The van der Waals surface area contributed by atoms with Crippen molar-refractivity contribution < 1.29 is 22.7 Å². The molecule has 0 saturated carbocycles. The fraction of sp³-hybridized carbons (Fsp3) is 0.167. The van der Waals surface area contributed by atoms with Crippen molar-refractivity contribution in [1.29, 1.82) is 0 Å². The zero-order valence-corrected chi connectivity index (χ0v) is 20.5. The van der Waals surface area contributed by atoms with Crippen molar-refractivity contribution in [1.82, 2.24) is 9.73 Å². The zero-order chi connectivity index (χ0) is 24.0. The lowest BCUT2D eigenvalue weighted by Crippen LogP contribution is -2.39. The van der Waals surface area contributed by atoms with E-state index >= 15 is 0 Å². The summed E-state index contributed by atoms with van der Waals surface area (Å²) in [5.41, 5.74) is 3.93. The average molecular weight is 544 g/mol. The second kappa shape index (κ2) is 10.8. The summed E-state index contributed by atoms with van der Waals surface area (Å²) in [6.45, 7) is 0.338. The molecule has 1 heterocycles. The van der Waals surface area contributed by atoms with Gasteiger partial charge in [-0.3, -0.25) is 4.79 Å². The number of nitrogens with zero attached hydrogens (tertiary/aromatic N) is 2. The monoisotopic (exact) mass is 543 g/mol. The molecule has 0 fully saturated rings. The van der Waals surface area contributed by atoms with E-state index in [0.29, 0.717) is 24.7 Å². The molecule has 176 valence electrons. The van der Waals surface area contributed by atoms with Crippen LogP contribution < -0.4 is 14.9 Å². The number of sulfonamides is 1. The number of benzene rings is 3. The molecule has 10 heteroatoms. The van der Waals surface area contributed by atoms with Crippen LogP contribution in [0.1, 0.15) is 11.1 Å². The Morgan fingerprint density at radius 2 is 1.76 bits per heavy atom. The highest BCUT2D eigenvalue weighted by atomic mass is 79.9. The third kappa shape index (κ3) is 6.02. The molecule has 3 aromatic carbocycles. The summed E-state index contributed by atoms with van der Waals surface area (Å²) >= 11 is 3.37. The Bertz CT molecular complexity index is 1300. The molecule has 1 aliphatic rings. The van der Waals surface area contributed by atoms with E-state index in [-0.39, 0.29) is 11.4 Å². The molecule has 0 saturated heterocycles. The Kier molecular flexibility index (Phi) is 7.61. The van der Waals surface area contributed by atoms with Gasteiger partial charge in [0.1, 0.15) is 13.2 Å². The predicted molar refractivity (Wildman–Crippen MR) is 131 cm³/mol. The predicted octanol–water partition coefficient (Wildman–Crippen LogP) is 3.56. The van der Waals surface area contributed by atoms with Crippen LogP contribution in [0.5, 0.6) is 11.5 Å². The molecule has 1 amide bonds. The Labute approximate surface area is 206 Å². The molecule has 3 aromatic rings. The fourth-order valence-electron chi connectivity index (χ4n) is 3.31. The molecule has 0 bridgehead atoms. The molecular formula is C24H22BrN3O5S. The normalized spacial score (nSPS) is 13.2. The van der Waals surface area contributed by atoms with Gasteiger partial charge in [0.2, 0.25) is 10.0 Å². The summed E-state index contributed by atoms with van der Waals surface area (Å²) in [6, 6.07) is 20.9. The van der Waals surface area contributed by atoms with Crippen molar-refractivity contribution in [3.05, 3.63) is 88.4 Å². The minimum Gasteiger partial charge on any atom is -0.486 e. The van der Waals surface area contributed by atoms with Crippen molar-refractivity contribution >= 4 is 38.1 Å². The van der Waals surface area contributed by atoms with Crippen molar-refractivity contribution in [2.45, 2.75) is 11.4 Å². The molecule has 0 aromatic heterocycles. The number of hydrogen-bond donors (Lipinski definition) is 1. The summed E-state index contributed by atoms with van der Waals surface area (Å²) in [7, 11) is -4.03. The van der Waals surface area contributed by atoms with E-state index in [0.717, 1.165) is 19.9 Å². The van der Waals surface area contributed by atoms with Gasteiger partial charge in [-0.15, -0.1) is 0 Å². The number of hydrazone groups is 1. The molecular weight excluding hydrogens is 522 g/mol. The molecule has 0 radical (unpaired) electrons. The lowest BCUT2D eigenvalue weighted by Gasteiger charge is -2.23. The minimum atomic E-state index is -4.03. The number of carbonyl (C=O) groups is 1. The third-order valence-electron chi connectivity index (χ3n) is 4.92. The van der Waals surface area contributed by atoms with Gasteiger partial charge in [0.05, 0.1) is 17.7 Å². The molecule has 0 atom stereocenters. The maximum atomic E-state index is 13.5. The van der Waals surface area contributed by atoms with Gasteiger partial charge >= 0.3 is 0 Å². The largest absolute Gasteiger partial charge is 0.486 e. The van der Waals surface area contributed by atoms with Crippen molar-refractivity contribution in [2.24, 2.45) is 5.10 Å². The van der Waals surface area contributed by atoms with Crippen LogP contribution in [0.15, 0.2) is 87.3 Å². The summed E-state index contributed by atoms with van der Waals surface area (Å²) in [5, 5.41) is 3.95. The van der Waals surface area contributed by atoms with E-state index in [1.54, 1.807) is 18.2 Å². The number of nitrogens with one attached hydrogen (secondary N) is 1. The van der Waals surface area contributed by atoms with Crippen LogP contribution in [-0.2, 0) is 21.4 Å². The van der Waals surface area contributed by atoms with E-state index in [1.165, 1.54) is 18.3 Å². The van der Waals surface area contributed by atoms with Gasteiger partial charge in [-0.2, -0.15) is 9.41 Å². The first-order chi connectivity index (χ1) is 16.4. The minimum absolute atomic E-state index is 0.0121. The first-order valence-corrected chi connectivity index (χ1v) is 12.7. The Balaban J connectivity index is 1.54. The number of rotatable bonds is 8. The van der Waals surface area contributed by atoms with Gasteiger partial charge in [0.25, 0.3) is 5.91 Å². The maximum Gasteiger partial charge on any atom is 0.255 e.